The first-order valence-corrected chi connectivity index (χ1v) is 9.45. The van der Waals surface area contributed by atoms with E-state index in [0.29, 0.717) is 34.0 Å². The third-order valence-electron chi connectivity index (χ3n) is 4.35. The molecule has 0 bridgehead atoms. The minimum absolute atomic E-state index is 0.264. The average Bonchev–Trinajstić information content (AvgIpc) is 3.11. The van der Waals surface area contributed by atoms with Crippen molar-refractivity contribution in [2.75, 3.05) is 12.4 Å². The second-order valence-corrected chi connectivity index (χ2v) is 7.28. The molecular formula is C22H17BrN2O3. The molecule has 0 unspecified atom stereocenters. The summed E-state index contributed by atoms with van der Waals surface area (Å²) in [5, 5.41) is 2.89. The molecule has 0 fully saturated rings. The predicted octanol–water partition coefficient (Wildman–Crippen LogP) is 5.83. The van der Waals surface area contributed by atoms with Crippen molar-refractivity contribution < 1.29 is 13.9 Å². The highest BCUT2D eigenvalue weighted by molar-refractivity contribution is 9.10. The Bertz CT molecular complexity index is 1170. The van der Waals surface area contributed by atoms with E-state index < -0.39 is 0 Å². The van der Waals surface area contributed by atoms with Crippen molar-refractivity contribution in [1.82, 2.24) is 4.98 Å². The van der Waals surface area contributed by atoms with Gasteiger partial charge in [-0.05, 0) is 55.5 Å². The quantitative estimate of drug-likeness (QED) is 0.437. The maximum Gasteiger partial charge on any atom is 0.259 e. The molecule has 0 saturated carbocycles. The lowest BCUT2D eigenvalue weighted by atomic mass is 10.1. The second-order valence-electron chi connectivity index (χ2n) is 6.37. The molecule has 28 heavy (non-hydrogen) atoms. The summed E-state index contributed by atoms with van der Waals surface area (Å²) in [6, 6.07) is 18.6. The van der Waals surface area contributed by atoms with E-state index in [1.165, 1.54) is 12.7 Å². The van der Waals surface area contributed by atoms with Gasteiger partial charge in [0.2, 0.25) is 5.89 Å². The number of aryl methyl sites for hydroxylation is 1. The molecule has 140 valence electrons. The van der Waals surface area contributed by atoms with Gasteiger partial charge in [-0.2, -0.15) is 0 Å². The van der Waals surface area contributed by atoms with Crippen molar-refractivity contribution in [3.8, 4) is 17.2 Å². The number of halogens is 1. The van der Waals surface area contributed by atoms with E-state index in [0.717, 1.165) is 10.0 Å². The Labute approximate surface area is 170 Å². The lowest BCUT2D eigenvalue weighted by Crippen LogP contribution is -2.13. The Hall–Kier alpha value is -3.12. The summed E-state index contributed by atoms with van der Waals surface area (Å²) in [7, 11) is 1.54. The summed E-state index contributed by atoms with van der Waals surface area (Å²) in [6.45, 7) is 2.03. The van der Waals surface area contributed by atoms with Gasteiger partial charge in [0.15, 0.2) is 5.58 Å². The smallest absolute Gasteiger partial charge is 0.259 e. The fraction of sp³-hybridized carbons (Fsp3) is 0.0909. The zero-order chi connectivity index (χ0) is 19.7. The van der Waals surface area contributed by atoms with E-state index in [1.807, 2.05) is 37.3 Å². The van der Waals surface area contributed by atoms with Crippen molar-refractivity contribution >= 4 is 38.6 Å². The summed E-state index contributed by atoms with van der Waals surface area (Å²) in [6.07, 6.45) is 0. The van der Waals surface area contributed by atoms with E-state index in [2.05, 4.69) is 26.2 Å². The van der Waals surface area contributed by atoms with Crippen LogP contribution in [0.25, 0.3) is 22.6 Å². The zero-order valence-corrected chi connectivity index (χ0v) is 16.9. The van der Waals surface area contributed by atoms with Crippen LogP contribution in [0.5, 0.6) is 5.75 Å². The van der Waals surface area contributed by atoms with E-state index in [1.54, 1.807) is 30.3 Å². The highest BCUT2D eigenvalue weighted by Gasteiger charge is 2.14. The monoisotopic (exact) mass is 436 g/mol. The van der Waals surface area contributed by atoms with Gasteiger partial charge in [0, 0.05) is 15.7 Å². The lowest BCUT2D eigenvalue weighted by molar-refractivity contribution is 0.102. The Morgan fingerprint density at radius 3 is 2.61 bits per heavy atom. The SMILES string of the molecule is COc1ccc(Br)cc1C(=O)Nc1ccc2oc(-c3ccc(C)cc3)nc2c1. The van der Waals surface area contributed by atoms with E-state index in [-0.39, 0.29) is 5.91 Å². The number of benzene rings is 3. The fourth-order valence-electron chi connectivity index (χ4n) is 2.88. The van der Waals surface area contributed by atoms with Gasteiger partial charge in [-0.25, -0.2) is 4.98 Å². The summed E-state index contributed by atoms with van der Waals surface area (Å²) >= 11 is 3.38. The Morgan fingerprint density at radius 1 is 1.07 bits per heavy atom. The molecule has 3 aromatic carbocycles. The number of aromatic nitrogens is 1. The van der Waals surface area contributed by atoms with Crippen molar-refractivity contribution in [2.45, 2.75) is 6.92 Å². The van der Waals surface area contributed by atoms with Crippen LogP contribution in [0.4, 0.5) is 5.69 Å². The molecule has 4 rings (SSSR count). The molecule has 0 aliphatic rings. The van der Waals surface area contributed by atoms with Crippen LogP contribution in [0.3, 0.4) is 0 Å². The fourth-order valence-corrected chi connectivity index (χ4v) is 3.24. The number of hydrogen-bond acceptors (Lipinski definition) is 4. The average molecular weight is 437 g/mol. The lowest BCUT2D eigenvalue weighted by Gasteiger charge is -2.09. The molecule has 1 aromatic heterocycles. The molecule has 1 amide bonds. The zero-order valence-electron chi connectivity index (χ0n) is 15.3. The molecule has 4 aromatic rings. The number of hydrogen-bond donors (Lipinski definition) is 1. The topological polar surface area (TPSA) is 64.4 Å². The van der Waals surface area contributed by atoms with Crippen molar-refractivity contribution in [3.05, 3.63) is 76.3 Å². The third-order valence-corrected chi connectivity index (χ3v) is 4.84. The van der Waals surface area contributed by atoms with Crippen molar-refractivity contribution in [1.29, 1.82) is 0 Å². The number of oxazole rings is 1. The van der Waals surface area contributed by atoms with E-state index in [9.17, 15) is 4.79 Å². The Kier molecular flexibility index (Phi) is 4.88. The summed E-state index contributed by atoms with van der Waals surface area (Å²) in [4.78, 5) is 17.2. The maximum atomic E-state index is 12.7. The number of methoxy groups -OCH3 is 1. The van der Waals surface area contributed by atoms with Crippen molar-refractivity contribution in [2.24, 2.45) is 0 Å². The molecule has 0 aliphatic heterocycles. The second kappa shape index (κ2) is 7.48. The third kappa shape index (κ3) is 3.64. The van der Waals surface area contributed by atoms with Crippen LogP contribution in [0, 0.1) is 6.92 Å². The van der Waals surface area contributed by atoms with Gasteiger partial charge in [-0.3, -0.25) is 4.79 Å². The largest absolute Gasteiger partial charge is 0.496 e. The van der Waals surface area contributed by atoms with Gasteiger partial charge in [0.1, 0.15) is 11.3 Å². The number of carbonyl (C=O) groups is 1. The van der Waals surface area contributed by atoms with Gasteiger partial charge in [-0.15, -0.1) is 0 Å². The van der Waals surface area contributed by atoms with E-state index in [4.69, 9.17) is 9.15 Å². The van der Waals surface area contributed by atoms with Gasteiger partial charge in [0.05, 0.1) is 12.7 Å². The van der Waals surface area contributed by atoms with Crippen molar-refractivity contribution in [3.63, 3.8) is 0 Å². The van der Waals surface area contributed by atoms with Crippen LogP contribution in [0.1, 0.15) is 15.9 Å². The number of fused-ring (bicyclic) bond motifs is 1. The number of nitrogens with zero attached hydrogens (tertiary/aromatic N) is 1. The van der Waals surface area contributed by atoms with Crippen LogP contribution in [0.15, 0.2) is 69.6 Å². The first kappa shape index (κ1) is 18.3. The maximum absolute atomic E-state index is 12.7. The molecule has 0 saturated heterocycles. The minimum Gasteiger partial charge on any atom is -0.496 e. The molecule has 5 nitrogen and oxygen atoms in total. The van der Waals surface area contributed by atoms with Gasteiger partial charge >= 0.3 is 0 Å². The molecule has 0 spiro atoms. The highest BCUT2D eigenvalue weighted by Crippen LogP contribution is 2.28. The van der Waals surface area contributed by atoms with Gasteiger partial charge < -0.3 is 14.5 Å². The summed E-state index contributed by atoms with van der Waals surface area (Å²) in [5.74, 6) is 0.789. The van der Waals surface area contributed by atoms with Crippen LogP contribution < -0.4 is 10.1 Å². The molecule has 6 heteroatoms. The number of nitrogens with one attached hydrogen (secondary N) is 1. The summed E-state index contributed by atoms with van der Waals surface area (Å²) < 4.78 is 11.9. The number of ether oxygens (including phenoxy) is 1. The number of anilines is 1. The standard InChI is InChI=1S/C22H17BrN2O3/c1-13-3-5-14(6-4-13)22-25-18-12-16(8-10-20(18)28-22)24-21(26)17-11-15(23)7-9-19(17)27-2/h3-12H,1-2H3,(H,24,26). The van der Waals surface area contributed by atoms with Gasteiger partial charge in [0.25, 0.3) is 5.91 Å². The van der Waals surface area contributed by atoms with Crippen LogP contribution in [-0.4, -0.2) is 18.0 Å². The molecular weight excluding hydrogens is 420 g/mol. The molecule has 1 heterocycles. The molecule has 0 radical (unpaired) electrons. The Balaban J connectivity index is 1.62. The number of amides is 1. The first-order valence-electron chi connectivity index (χ1n) is 8.66. The van der Waals surface area contributed by atoms with Crippen LogP contribution in [0.2, 0.25) is 0 Å². The van der Waals surface area contributed by atoms with E-state index >= 15 is 0 Å². The Morgan fingerprint density at radius 2 is 1.86 bits per heavy atom. The molecule has 0 atom stereocenters. The number of rotatable bonds is 4. The number of carbonyl (C=O) groups excluding carboxylic acids is 1. The van der Waals surface area contributed by atoms with Crippen LogP contribution >= 0.6 is 15.9 Å². The first-order chi connectivity index (χ1) is 13.5. The highest BCUT2D eigenvalue weighted by atomic mass is 79.9. The van der Waals surface area contributed by atoms with Crippen LogP contribution in [-0.2, 0) is 0 Å². The minimum atomic E-state index is -0.264. The summed E-state index contributed by atoms with van der Waals surface area (Å²) in [5.41, 5.74) is 4.49. The molecule has 1 N–H and O–H groups in total. The normalized spacial score (nSPS) is 10.8. The van der Waals surface area contributed by atoms with Gasteiger partial charge in [-0.1, -0.05) is 33.6 Å². The molecule has 0 aliphatic carbocycles. The predicted molar refractivity (Wildman–Crippen MR) is 113 cm³/mol.